The smallest absolute Gasteiger partial charge is 0.322 e. The number of ketones is 1. The Labute approximate surface area is 317 Å². The monoisotopic (exact) mass is 846 g/mol. The number of hydrogen-bond donors (Lipinski definition) is 6. The summed E-state index contributed by atoms with van der Waals surface area (Å²) in [5.41, 5.74) is -3.57. The van der Waals surface area contributed by atoms with E-state index in [2.05, 4.69) is 15.6 Å². The van der Waals surface area contributed by atoms with Crippen molar-refractivity contribution in [3.8, 4) is 11.1 Å². The Balaban J connectivity index is 1.49. The number of amides is 2. The second-order valence-corrected chi connectivity index (χ2v) is 18.4. The summed E-state index contributed by atoms with van der Waals surface area (Å²) in [5.74, 6) is -0.770. The lowest BCUT2D eigenvalue weighted by Gasteiger charge is -2.27. The van der Waals surface area contributed by atoms with Crippen LogP contribution in [0.15, 0.2) is 102 Å². The van der Waals surface area contributed by atoms with Crippen molar-refractivity contribution in [1.29, 1.82) is 0 Å². The molecule has 2 heterocycles. The molecule has 0 saturated carbocycles. The molecule has 6 N–H and O–H groups in total. The molecule has 1 aromatic heterocycles. The summed E-state index contributed by atoms with van der Waals surface area (Å²) < 4.78 is 138. The van der Waals surface area contributed by atoms with Crippen LogP contribution in [0.2, 0.25) is 0 Å². The molecule has 4 aromatic carbocycles. The van der Waals surface area contributed by atoms with Gasteiger partial charge in [-0.2, -0.15) is 25.3 Å². The molecule has 5 aromatic rings. The minimum Gasteiger partial charge on any atom is -0.378 e. The molecule has 0 radical (unpaired) electrons. The van der Waals surface area contributed by atoms with Crippen molar-refractivity contribution >= 4 is 80.0 Å². The molecule has 1 aliphatic carbocycles. The van der Waals surface area contributed by atoms with E-state index in [1.165, 1.54) is 41.3 Å². The van der Waals surface area contributed by atoms with Crippen LogP contribution in [0.5, 0.6) is 0 Å². The third kappa shape index (κ3) is 6.83. The molecule has 23 heteroatoms. The Bertz CT molecular complexity index is 3070. The fraction of sp³-hybridized carbons (Fsp3) is 0.121. The molecule has 0 spiro atoms. The summed E-state index contributed by atoms with van der Waals surface area (Å²) in [4.78, 5) is 40.1. The maximum absolute atomic E-state index is 14.3. The number of aromatic nitrogens is 1. The van der Waals surface area contributed by atoms with Gasteiger partial charge in [0.15, 0.2) is 5.78 Å². The van der Waals surface area contributed by atoms with Gasteiger partial charge in [0.05, 0.1) is 45.6 Å². The quantitative estimate of drug-likeness (QED) is 0.120. The second-order valence-electron chi connectivity index (χ2n) is 12.3. The number of aromatic amines is 1. The number of carbonyl (C=O) groups is 2. The first kappa shape index (κ1) is 38.7. The number of fused-ring (bicyclic) bond motifs is 2. The highest BCUT2D eigenvalue weighted by Crippen LogP contribution is 2.46. The van der Waals surface area contributed by atoms with Crippen molar-refractivity contribution in [1.82, 2.24) is 9.88 Å². The van der Waals surface area contributed by atoms with E-state index in [1.807, 2.05) is 0 Å². The van der Waals surface area contributed by atoms with Crippen LogP contribution in [0.1, 0.15) is 15.9 Å². The first-order valence-corrected chi connectivity index (χ1v) is 21.7. The van der Waals surface area contributed by atoms with Crippen molar-refractivity contribution in [2.45, 2.75) is 24.5 Å². The lowest BCUT2D eigenvalue weighted by atomic mass is 9.83. The summed E-state index contributed by atoms with van der Waals surface area (Å²) in [6.07, 6.45) is 0. The van der Waals surface area contributed by atoms with Crippen molar-refractivity contribution in [3.05, 3.63) is 94.3 Å². The molecule has 19 nitrogen and oxygen atoms in total. The van der Waals surface area contributed by atoms with Gasteiger partial charge in [0, 0.05) is 35.1 Å². The van der Waals surface area contributed by atoms with Crippen LogP contribution < -0.4 is 16.2 Å². The van der Waals surface area contributed by atoms with Gasteiger partial charge in [-0.25, -0.2) is 13.2 Å². The van der Waals surface area contributed by atoms with Crippen LogP contribution in [0.3, 0.4) is 0 Å². The van der Waals surface area contributed by atoms with Crippen molar-refractivity contribution in [2.24, 2.45) is 0 Å². The van der Waals surface area contributed by atoms with Gasteiger partial charge in [-0.05, 0) is 48.0 Å². The number of sulfone groups is 1. The zero-order valence-electron chi connectivity index (χ0n) is 28.1. The minimum atomic E-state index is -5.35. The number of nitrogens with one attached hydrogen (secondary N) is 3. The number of urea groups is 1. The number of nitrogens with zero attached hydrogens (tertiary/aromatic N) is 1. The highest BCUT2D eigenvalue weighted by molar-refractivity contribution is 7.91. The zero-order chi connectivity index (χ0) is 40.5. The van der Waals surface area contributed by atoms with E-state index in [0.29, 0.717) is 12.1 Å². The molecular formula is C33H26N4O15S4. The molecule has 7 rings (SSSR count). The van der Waals surface area contributed by atoms with E-state index >= 15 is 0 Å². The molecule has 1 aliphatic heterocycles. The molecule has 0 bridgehead atoms. The standard InChI is InChI=1S/C33H26N4O15S4/c38-30-20-7-2-1-6-19(20)27-28-21(35-32(39)31(27)53(41,42)17-4-3-5-18(14-17)54(43,44)45)8-9-22(29(28)30)34-23-15-24(36-33(40)37-10-12-52-13-11-37)26(56(49,50)51)16-25(23)55(46,47)48/h1-9,14-16,34H,10-13H2,(H,35,39)(H,36,40)(H,43,44,45)(H,46,47,48)(H,49,50,51). The summed E-state index contributed by atoms with van der Waals surface area (Å²) >= 11 is 0. The Morgan fingerprint density at radius 2 is 1.30 bits per heavy atom. The Kier molecular flexibility index (Phi) is 9.40. The minimum absolute atomic E-state index is 0.0213. The van der Waals surface area contributed by atoms with Gasteiger partial charge in [0.1, 0.15) is 14.7 Å². The summed E-state index contributed by atoms with van der Waals surface area (Å²) in [6.45, 7) is 0.503. The highest BCUT2D eigenvalue weighted by Gasteiger charge is 2.37. The normalized spacial score (nSPS) is 14.7. The number of morpholine rings is 1. The third-order valence-corrected chi connectivity index (χ3v) is 13.4. The lowest BCUT2D eigenvalue weighted by molar-refractivity contribution is 0.0564. The molecule has 2 aliphatic rings. The van der Waals surface area contributed by atoms with Crippen molar-refractivity contribution in [3.63, 3.8) is 0 Å². The van der Waals surface area contributed by atoms with Crippen LogP contribution in [0.4, 0.5) is 21.9 Å². The number of carbonyl (C=O) groups excluding carboxylic acids is 2. The largest absolute Gasteiger partial charge is 0.378 e. The summed E-state index contributed by atoms with van der Waals surface area (Å²) in [6, 6.07) is 11.9. The van der Waals surface area contributed by atoms with Gasteiger partial charge in [-0.15, -0.1) is 0 Å². The number of H-pyrrole nitrogens is 1. The second kappa shape index (κ2) is 13.6. The van der Waals surface area contributed by atoms with Gasteiger partial charge < -0.3 is 25.3 Å². The average Bonchev–Trinajstić information content (AvgIpc) is 3.13. The van der Waals surface area contributed by atoms with Crippen LogP contribution in [0.25, 0.3) is 22.0 Å². The van der Waals surface area contributed by atoms with Crippen LogP contribution >= 0.6 is 0 Å². The maximum Gasteiger partial charge on any atom is 0.322 e. The van der Waals surface area contributed by atoms with E-state index in [9.17, 15) is 61.7 Å². The number of anilines is 3. The predicted octanol–water partition coefficient (Wildman–Crippen LogP) is 2.92. The number of pyridine rings is 1. The van der Waals surface area contributed by atoms with Crippen molar-refractivity contribution < 1.29 is 61.7 Å². The van der Waals surface area contributed by atoms with E-state index in [4.69, 9.17) is 4.74 Å². The molecule has 1 saturated heterocycles. The fourth-order valence-electron chi connectivity index (χ4n) is 6.47. The third-order valence-electron chi connectivity index (χ3n) is 8.93. The number of ether oxygens (including phenoxy) is 1. The van der Waals surface area contributed by atoms with Gasteiger partial charge in [-0.1, -0.05) is 30.3 Å². The number of hydrogen-bond acceptors (Lipinski definition) is 13. The summed E-state index contributed by atoms with van der Waals surface area (Å²) in [5, 5.41) is 4.78. The molecule has 1 fully saturated rings. The Morgan fingerprint density at radius 3 is 1.95 bits per heavy atom. The van der Waals surface area contributed by atoms with E-state index in [1.54, 1.807) is 0 Å². The van der Waals surface area contributed by atoms with E-state index in [0.717, 1.165) is 24.3 Å². The van der Waals surface area contributed by atoms with E-state index in [-0.39, 0.29) is 65.1 Å². The number of rotatable bonds is 8. The molecular weight excluding hydrogens is 821 g/mol. The van der Waals surface area contributed by atoms with Crippen LogP contribution in [0, 0.1) is 0 Å². The topological polar surface area (TPSA) is 301 Å². The van der Waals surface area contributed by atoms with Gasteiger partial charge in [-0.3, -0.25) is 23.2 Å². The molecule has 292 valence electrons. The van der Waals surface area contributed by atoms with Crippen LogP contribution in [-0.4, -0.2) is 95.3 Å². The molecule has 0 atom stereocenters. The van der Waals surface area contributed by atoms with Gasteiger partial charge in [0.25, 0.3) is 35.9 Å². The van der Waals surface area contributed by atoms with Gasteiger partial charge in [0.2, 0.25) is 9.84 Å². The average molecular weight is 847 g/mol. The Hall–Kier alpha value is -5.53. The van der Waals surface area contributed by atoms with Gasteiger partial charge >= 0.3 is 6.03 Å². The SMILES string of the molecule is O=C1c2ccccc2-c2c(S(=O)(=O)c3cccc(S(=O)(=O)O)c3)c(=O)[nH]c3ccc(Nc4cc(NC(=O)N5CCOCC5)c(S(=O)(=O)O)cc4S(=O)(=O)O)c1c23. The predicted molar refractivity (Wildman–Crippen MR) is 196 cm³/mol. The van der Waals surface area contributed by atoms with Crippen LogP contribution in [-0.2, 0) is 44.9 Å². The maximum atomic E-state index is 14.3. The lowest BCUT2D eigenvalue weighted by Crippen LogP contribution is -2.43. The van der Waals surface area contributed by atoms with E-state index < -0.39 is 93.4 Å². The molecule has 2 amide bonds. The Morgan fingerprint density at radius 1 is 0.679 bits per heavy atom. The highest BCUT2D eigenvalue weighted by atomic mass is 32.2. The van der Waals surface area contributed by atoms with Crippen molar-refractivity contribution in [2.75, 3.05) is 36.9 Å². The number of benzene rings is 4. The fourth-order valence-corrected chi connectivity index (χ4v) is 10.0. The first-order valence-electron chi connectivity index (χ1n) is 15.9. The molecule has 56 heavy (non-hydrogen) atoms. The molecule has 0 unspecified atom stereocenters. The zero-order valence-corrected chi connectivity index (χ0v) is 31.3. The first-order chi connectivity index (χ1) is 26.2. The summed E-state index contributed by atoms with van der Waals surface area (Å²) in [7, 11) is -20.5.